The largest absolute Gasteiger partial charge is 0.392 e. The molecule has 8 heteroatoms. The number of alkyl halides is 3. The summed E-state index contributed by atoms with van der Waals surface area (Å²) in [5.74, 6) is -0.936. The molecular formula is C18H21F3N4O. The number of hydrogen-bond donors (Lipinski definition) is 1. The lowest BCUT2D eigenvalue weighted by Gasteiger charge is -2.25. The third-order valence-corrected chi connectivity index (χ3v) is 4.84. The molecule has 140 valence electrons. The summed E-state index contributed by atoms with van der Waals surface area (Å²) >= 11 is 0. The van der Waals surface area contributed by atoms with Crippen LogP contribution in [0.2, 0.25) is 0 Å². The first kappa shape index (κ1) is 18.4. The number of carbonyl (C=O) groups is 1. The fourth-order valence-electron chi connectivity index (χ4n) is 3.35. The van der Waals surface area contributed by atoms with Crippen molar-refractivity contribution in [3.05, 3.63) is 47.5 Å². The molecule has 1 aromatic carbocycles. The third kappa shape index (κ3) is 3.89. The second kappa shape index (κ2) is 7.47. The molecule has 0 fully saturated rings. The molecule has 0 saturated carbocycles. The van der Waals surface area contributed by atoms with Crippen LogP contribution in [0.3, 0.4) is 0 Å². The van der Waals surface area contributed by atoms with E-state index < -0.39 is 12.1 Å². The lowest BCUT2D eigenvalue weighted by atomic mass is 9.95. The Morgan fingerprint density at radius 2 is 2.04 bits per heavy atom. The molecule has 5 nitrogen and oxygen atoms in total. The molecule has 2 atom stereocenters. The van der Waals surface area contributed by atoms with E-state index in [9.17, 15) is 18.0 Å². The molecule has 0 saturated heterocycles. The summed E-state index contributed by atoms with van der Waals surface area (Å²) in [5.41, 5.74) is 0.934. The lowest BCUT2D eigenvalue weighted by molar-refractivity contribution is -0.179. The van der Waals surface area contributed by atoms with Gasteiger partial charge >= 0.3 is 6.18 Å². The van der Waals surface area contributed by atoms with E-state index in [0.717, 1.165) is 5.56 Å². The predicted molar refractivity (Wildman–Crippen MR) is 89.2 cm³/mol. The molecule has 1 aliphatic heterocycles. The van der Waals surface area contributed by atoms with E-state index in [1.54, 1.807) is 4.57 Å². The fourth-order valence-corrected chi connectivity index (χ4v) is 3.35. The second-order valence-corrected chi connectivity index (χ2v) is 6.50. The highest BCUT2D eigenvalue weighted by molar-refractivity contribution is 5.83. The number of hydrogen-bond acceptors (Lipinski definition) is 3. The van der Waals surface area contributed by atoms with Crippen LogP contribution in [0.5, 0.6) is 0 Å². The monoisotopic (exact) mass is 366 g/mol. The Labute approximate surface area is 149 Å². The van der Waals surface area contributed by atoms with Gasteiger partial charge in [-0.05, 0) is 18.4 Å². The zero-order valence-corrected chi connectivity index (χ0v) is 14.5. The number of rotatable bonds is 5. The van der Waals surface area contributed by atoms with Crippen LogP contribution < -0.4 is 5.32 Å². The summed E-state index contributed by atoms with van der Waals surface area (Å²) in [4.78, 5) is 12.5. The molecule has 0 unspecified atom stereocenters. The Morgan fingerprint density at radius 1 is 1.31 bits per heavy atom. The SMILES string of the molecule is CC[C@H](C(=O)NCc1nnc2n1CC[C@@H](C(F)(F)F)C2)c1ccccc1. The van der Waals surface area contributed by atoms with Crippen molar-refractivity contribution >= 4 is 5.91 Å². The van der Waals surface area contributed by atoms with Crippen molar-refractivity contribution in [2.75, 3.05) is 0 Å². The van der Waals surface area contributed by atoms with Gasteiger partial charge in [-0.15, -0.1) is 10.2 Å². The minimum absolute atomic E-state index is 0.0110. The lowest BCUT2D eigenvalue weighted by Crippen LogP contribution is -2.33. The highest BCUT2D eigenvalue weighted by Gasteiger charge is 2.42. The zero-order valence-electron chi connectivity index (χ0n) is 14.5. The first-order valence-electron chi connectivity index (χ1n) is 8.70. The quantitative estimate of drug-likeness (QED) is 0.884. The number of nitrogens with one attached hydrogen (secondary N) is 1. The Balaban J connectivity index is 1.64. The zero-order chi connectivity index (χ0) is 18.7. The molecule has 0 spiro atoms. The molecule has 1 aliphatic rings. The third-order valence-electron chi connectivity index (χ3n) is 4.84. The normalized spacial score (nSPS) is 18.2. The van der Waals surface area contributed by atoms with E-state index in [0.29, 0.717) is 18.1 Å². The summed E-state index contributed by atoms with van der Waals surface area (Å²) in [6.45, 7) is 2.31. The Morgan fingerprint density at radius 3 is 2.69 bits per heavy atom. The Bertz CT molecular complexity index is 758. The van der Waals surface area contributed by atoms with Crippen LogP contribution in [-0.4, -0.2) is 26.8 Å². The van der Waals surface area contributed by atoms with Crippen molar-refractivity contribution < 1.29 is 18.0 Å². The van der Waals surface area contributed by atoms with Gasteiger partial charge in [0.25, 0.3) is 0 Å². The van der Waals surface area contributed by atoms with Gasteiger partial charge in [-0.25, -0.2) is 0 Å². The van der Waals surface area contributed by atoms with Crippen LogP contribution in [0.4, 0.5) is 13.2 Å². The van der Waals surface area contributed by atoms with E-state index in [2.05, 4.69) is 15.5 Å². The summed E-state index contributed by atoms with van der Waals surface area (Å²) in [6, 6.07) is 9.48. The minimum atomic E-state index is -4.21. The number of fused-ring (bicyclic) bond motifs is 1. The van der Waals surface area contributed by atoms with E-state index in [1.807, 2.05) is 37.3 Å². The van der Waals surface area contributed by atoms with Gasteiger partial charge < -0.3 is 9.88 Å². The van der Waals surface area contributed by atoms with Gasteiger partial charge in [0.1, 0.15) is 5.82 Å². The molecule has 1 amide bonds. The summed E-state index contributed by atoms with van der Waals surface area (Å²) in [7, 11) is 0. The summed E-state index contributed by atoms with van der Waals surface area (Å²) in [6.07, 6.45) is -3.71. The van der Waals surface area contributed by atoms with Gasteiger partial charge in [-0.3, -0.25) is 4.79 Å². The standard InChI is InChI=1S/C18H21F3N4O/c1-2-14(12-6-4-3-5-7-12)17(26)22-11-16-24-23-15-10-13(18(19,20)21)8-9-25(15)16/h3-7,13-14H,2,8-11H2,1H3,(H,22,26)/t13-,14+/m1/s1. The van der Waals surface area contributed by atoms with Gasteiger partial charge in [0, 0.05) is 13.0 Å². The average Bonchev–Trinajstić information content (AvgIpc) is 3.03. The average molecular weight is 366 g/mol. The van der Waals surface area contributed by atoms with Crippen molar-refractivity contribution in [3.63, 3.8) is 0 Å². The van der Waals surface area contributed by atoms with Crippen molar-refractivity contribution in [2.45, 2.75) is 51.4 Å². The van der Waals surface area contributed by atoms with Gasteiger partial charge in [0.05, 0.1) is 18.4 Å². The van der Waals surface area contributed by atoms with Crippen molar-refractivity contribution in [2.24, 2.45) is 5.92 Å². The van der Waals surface area contributed by atoms with Gasteiger partial charge in [0.15, 0.2) is 5.82 Å². The maximum atomic E-state index is 12.9. The number of benzene rings is 1. The molecule has 2 aromatic rings. The molecule has 26 heavy (non-hydrogen) atoms. The molecule has 3 rings (SSSR count). The molecule has 1 aromatic heterocycles. The van der Waals surface area contributed by atoms with E-state index in [1.165, 1.54) is 0 Å². The molecule has 0 aliphatic carbocycles. The van der Waals surface area contributed by atoms with Crippen molar-refractivity contribution in [1.82, 2.24) is 20.1 Å². The predicted octanol–water partition coefficient (Wildman–Crippen LogP) is 3.21. The van der Waals surface area contributed by atoms with Crippen LogP contribution in [-0.2, 0) is 24.3 Å². The highest BCUT2D eigenvalue weighted by atomic mass is 19.4. The van der Waals surface area contributed by atoms with Crippen LogP contribution in [0.15, 0.2) is 30.3 Å². The molecular weight excluding hydrogens is 345 g/mol. The maximum Gasteiger partial charge on any atom is 0.392 e. The number of aromatic nitrogens is 3. The van der Waals surface area contributed by atoms with Crippen LogP contribution in [0, 0.1) is 5.92 Å². The van der Waals surface area contributed by atoms with Gasteiger partial charge in [-0.1, -0.05) is 37.3 Å². The molecule has 2 heterocycles. The maximum absolute atomic E-state index is 12.9. The smallest absolute Gasteiger partial charge is 0.348 e. The second-order valence-electron chi connectivity index (χ2n) is 6.50. The van der Waals surface area contributed by atoms with Crippen LogP contribution in [0.1, 0.15) is 42.9 Å². The fraction of sp³-hybridized carbons (Fsp3) is 0.500. The van der Waals surface area contributed by atoms with Gasteiger partial charge in [-0.2, -0.15) is 13.2 Å². The van der Waals surface area contributed by atoms with Crippen LogP contribution >= 0.6 is 0 Å². The molecule has 0 bridgehead atoms. The number of halogens is 3. The Hall–Kier alpha value is -2.38. The van der Waals surface area contributed by atoms with Gasteiger partial charge in [0.2, 0.25) is 5.91 Å². The van der Waals surface area contributed by atoms with Crippen molar-refractivity contribution in [3.8, 4) is 0 Å². The van der Waals surface area contributed by atoms with E-state index in [-0.39, 0.29) is 37.8 Å². The first-order valence-corrected chi connectivity index (χ1v) is 8.70. The number of nitrogens with zero attached hydrogens (tertiary/aromatic N) is 3. The number of carbonyl (C=O) groups excluding carboxylic acids is 1. The number of amides is 1. The van der Waals surface area contributed by atoms with E-state index >= 15 is 0 Å². The topological polar surface area (TPSA) is 59.8 Å². The molecule has 1 N–H and O–H groups in total. The van der Waals surface area contributed by atoms with Crippen molar-refractivity contribution in [1.29, 1.82) is 0 Å². The highest BCUT2D eigenvalue weighted by Crippen LogP contribution is 2.34. The Kier molecular flexibility index (Phi) is 5.29. The summed E-state index contributed by atoms with van der Waals surface area (Å²) in [5, 5.41) is 10.7. The molecule has 0 radical (unpaired) electrons. The summed E-state index contributed by atoms with van der Waals surface area (Å²) < 4.78 is 40.3. The first-order chi connectivity index (χ1) is 12.4. The minimum Gasteiger partial charge on any atom is -0.348 e. The van der Waals surface area contributed by atoms with Crippen LogP contribution in [0.25, 0.3) is 0 Å². The van der Waals surface area contributed by atoms with E-state index in [4.69, 9.17) is 0 Å².